The summed E-state index contributed by atoms with van der Waals surface area (Å²) in [6.45, 7) is 9.98. The van der Waals surface area contributed by atoms with Crippen LogP contribution in [-0.2, 0) is 10.6 Å². The van der Waals surface area contributed by atoms with E-state index in [4.69, 9.17) is 17.0 Å². The molecule has 3 heterocycles. The Hall–Kier alpha value is -1.53. The van der Waals surface area contributed by atoms with Gasteiger partial charge in [0, 0.05) is 6.20 Å². The zero-order chi connectivity index (χ0) is 16.3. The van der Waals surface area contributed by atoms with Gasteiger partial charge in [-0.1, -0.05) is 26.1 Å². The molecule has 1 aromatic heterocycles. The van der Waals surface area contributed by atoms with Gasteiger partial charge in [0.05, 0.1) is 17.2 Å². The number of rotatable bonds is 3. The molecule has 2 atom stereocenters. The van der Waals surface area contributed by atoms with E-state index in [1.807, 2.05) is 20.8 Å². The van der Waals surface area contributed by atoms with Gasteiger partial charge in [-0.05, 0) is 38.8 Å². The number of ether oxygens (including phenoxy) is 1. The van der Waals surface area contributed by atoms with Crippen LogP contribution in [0.1, 0.15) is 50.7 Å². The predicted molar refractivity (Wildman–Crippen MR) is 87.3 cm³/mol. The number of aromatic nitrogens is 1. The molecule has 5 nitrogen and oxygen atoms in total. The van der Waals surface area contributed by atoms with Crippen LogP contribution in [0.4, 0.5) is 0 Å². The summed E-state index contributed by atoms with van der Waals surface area (Å²) in [7, 11) is 0. The topological polar surface area (TPSA) is 54.5 Å². The fourth-order valence-corrected chi connectivity index (χ4v) is 3.72. The molecule has 1 saturated heterocycles. The molecule has 0 bridgehead atoms. The SMILES string of the molecule is CC(C)OC12NC(=S)C(C)(C(C)C)N1C(=O)c1cccnc12. The fourth-order valence-electron chi connectivity index (χ4n) is 3.25. The van der Waals surface area contributed by atoms with Crippen LogP contribution in [0.2, 0.25) is 0 Å². The number of hydrogen-bond acceptors (Lipinski definition) is 4. The Kier molecular flexibility index (Phi) is 3.30. The third kappa shape index (κ3) is 1.71. The lowest BCUT2D eigenvalue weighted by molar-refractivity contribution is -0.178. The number of nitrogens with one attached hydrogen (secondary N) is 1. The van der Waals surface area contributed by atoms with E-state index in [1.165, 1.54) is 0 Å². The number of pyridine rings is 1. The number of nitrogens with zero attached hydrogens (tertiary/aromatic N) is 2. The summed E-state index contributed by atoms with van der Waals surface area (Å²) < 4.78 is 6.18. The Labute approximate surface area is 136 Å². The zero-order valence-corrected chi connectivity index (χ0v) is 14.3. The van der Waals surface area contributed by atoms with Crippen molar-refractivity contribution in [2.24, 2.45) is 5.92 Å². The van der Waals surface area contributed by atoms with Gasteiger partial charge in [0.25, 0.3) is 11.8 Å². The second-order valence-corrected chi connectivity index (χ2v) is 7.02. The molecule has 6 heteroatoms. The highest BCUT2D eigenvalue weighted by Gasteiger charge is 2.66. The molecule has 0 aliphatic carbocycles. The van der Waals surface area contributed by atoms with Gasteiger partial charge in [0.1, 0.15) is 10.7 Å². The van der Waals surface area contributed by atoms with E-state index in [2.05, 4.69) is 24.1 Å². The lowest BCUT2D eigenvalue weighted by Crippen LogP contribution is -2.56. The van der Waals surface area contributed by atoms with Crippen molar-refractivity contribution in [3.05, 3.63) is 29.6 Å². The van der Waals surface area contributed by atoms with E-state index < -0.39 is 11.4 Å². The normalized spacial score (nSPS) is 30.0. The molecule has 118 valence electrons. The lowest BCUT2D eigenvalue weighted by atomic mass is 9.87. The van der Waals surface area contributed by atoms with Gasteiger partial charge < -0.3 is 10.1 Å². The minimum Gasteiger partial charge on any atom is -0.330 e. The minimum atomic E-state index is -1.10. The Balaban J connectivity index is 2.26. The van der Waals surface area contributed by atoms with Crippen molar-refractivity contribution >= 4 is 23.1 Å². The van der Waals surface area contributed by atoms with Crippen molar-refractivity contribution in [3.8, 4) is 0 Å². The maximum atomic E-state index is 13.0. The molecule has 0 spiro atoms. The van der Waals surface area contributed by atoms with Gasteiger partial charge in [-0.25, -0.2) is 0 Å². The van der Waals surface area contributed by atoms with E-state index >= 15 is 0 Å². The number of fused-ring (bicyclic) bond motifs is 3. The molecule has 0 saturated carbocycles. The first-order valence-corrected chi connectivity index (χ1v) is 7.96. The first-order chi connectivity index (χ1) is 10.2. The quantitative estimate of drug-likeness (QED) is 0.867. The molecular formula is C16H21N3O2S. The summed E-state index contributed by atoms with van der Waals surface area (Å²) in [4.78, 5) is 19.8. The summed E-state index contributed by atoms with van der Waals surface area (Å²) in [5.41, 5.74) is 0.563. The summed E-state index contributed by atoms with van der Waals surface area (Å²) in [6.07, 6.45) is 1.59. The zero-order valence-electron chi connectivity index (χ0n) is 13.5. The Morgan fingerprint density at radius 1 is 1.36 bits per heavy atom. The van der Waals surface area contributed by atoms with Crippen LogP contribution in [0.25, 0.3) is 0 Å². The Bertz CT molecular complexity index is 661. The lowest BCUT2D eigenvalue weighted by Gasteiger charge is -2.41. The molecule has 0 aromatic carbocycles. The number of carbonyl (C=O) groups is 1. The predicted octanol–water partition coefficient (Wildman–Crippen LogP) is 2.42. The van der Waals surface area contributed by atoms with Crippen LogP contribution in [0, 0.1) is 5.92 Å². The van der Waals surface area contributed by atoms with E-state index in [1.54, 1.807) is 23.2 Å². The molecule has 22 heavy (non-hydrogen) atoms. The van der Waals surface area contributed by atoms with Crippen molar-refractivity contribution in [2.45, 2.75) is 52.1 Å². The maximum absolute atomic E-state index is 13.0. The molecule has 2 aliphatic heterocycles. The molecule has 2 unspecified atom stereocenters. The average molecular weight is 319 g/mol. The number of amides is 1. The highest BCUT2D eigenvalue weighted by Crippen LogP contribution is 2.49. The van der Waals surface area contributed by atoms with Gasteiger partial charge in [-0.15, -0.1) is 0 Å². The summed E-state index contributed by atoms with van der Waals surface area (Å²) >= 11 is 5.58. The van der Waals surface area contributed by atoms with Crippen LogP contribution in [0.3, 0.4) is 0 Å². The first kappa shape index (κ1) is 15.4. The average Bonchev–Trinajstić information content (AvgIpc) is 2.80. The van der Waals surface area contributed by atoms with Crippen LogP contribution in [-0.4, -0.2) is 32.4 Å². The molecule has 1 aromatic rings. The van der Waals surface area contributed by atoms with Crippen molar-refractivity contribution in [1.82, 2.24) is 15.2 Å². The van der Waals surface area contributed by atoms with Crippen LogP contribution in [0.5, 0.6) is 0 Å². The van der Waals surface area contributed by atoms with Gasteiger partial charge in [0.2, 0.25) is 0 Å². The van der Waals surface area contributed by atoms with Gasteiger partial charge in [0.15, 0.2) is 0 Å². The van der Waals surface area contributed by atoms with E-state index in [0.29, 0.717) is 16.2 Å². The molecular weight excluding hydrogens is 298 g/mol. The largest absolute Gasteiger partial charge is 0.330 e. The standard InChI is InChI=1S/C16H21N3O2S/c1-9(2)15(5)14(22)18-16(21-10(3)4)12-11(7-6-8-17-12)13(20)19(15)16/h6-10H,1-5H3,(H,18,22). The van der Waals surface area contributed by atoms with Crippen molar-refractivity contribution < 1.29 is 9.53 Å². The van der Waals surface area contributed by atoms with Gasteiger partial charge >= 0.3 is 0 Å². The number of thiocarbonyl (C=S) groups is 1. The van der Waals surface area contributed by atoms with E-state index in [-0.39, 0.29) is 17.9 Å². The Morgan fingerprint density at radius 2 is 2.05 bits per heavy atom. The van der Waals surface area contributed by atoms with Crippen LogP contribution >= 0.6 is 12.2 Å². The molecule has 1 amide bonds. The molecule has 1 N–H and O–H groups in total. The molecule has 3 rings (SSSR count). The maximum Gasteiger partial charge on any atom is 0.269 e. The number of carbonyl (C=O) groups excluding carboxylic acids is 1. The molecule has 1 fully saturated rings. The summed E-state index contributed by atoms with van der Waals surface area (Å²) in [5, 5.41) is 3.27. The van der Waals surface area contributed by atoms with Crippen molar-refractivity contribution in [2.75, 3.05) is 0 Å². The Morgan fingerprint density at radius 3 is 2.64 bits per heavy atom. The van der Waals surface area contributed by atoms with Crippen LogP contribution in [0.15, 0.2) is 18.3 Å². The minimum absolute atomic E-state index is 0.0898. The van der Waals surface area contributed by atoms with E-state index in [9.17, 15) is 4.79 Å². The van der Waals surface area contributed by atoms with Gasteiger partial charge in [-0.3, -0.25) is 14.7 Å². The third-order valence-electron chi connectivity index (χ3n) is 4.61. The molecule has 2 aliphatic rings. The van der Waals surface area contributed by atoms with Crippen molar-refractivity contribution in [1.29, 1.82) is 0 Å². The smallest absolute Gasteiger partial charge is 0.269 e. The first-order valence-electron chi connectivity index (χ1n) is 7.55. The highest BCUT2D eigenvalue weighted by molar-refractivity contribution is 7.80. The van der Waals surface area contributed by atoms with E-state index in [0.717, 1.165) is 0 Å². The second kappa shape index (κ2) is 4.73. The second-order valence-electron chi connectivity index (χ2n) is 6.61. The van der Waals surface area contributed by atoms with Crippen LogP contribution < -0.4 is 5.32 Å². The van der Waals surface area contributed by atoms with Gasteiger partial charge in [-0.2, -0.15) is 0 Å². The fraction of sp³-hybridized carbons (Fsp3) is 0.562. The number of hydrogen-bond donors (Lipinski definition) is 1. The molecule has 0 radical (unpaired) electrons. The summed E-state index contributed by atoms with van der Waals surface area (Å²) in [5.74, 6) is -1.05. The summed E-state index contributed by atoms with van der Waals surface area (Å²) in [6, 6.07) is 3.56. The highest BCUT2D eigenvalue weighted by atomic mass is 32.1. The monoisotopic (exact) mass is 319 g/mol. The third-order valence-corrected chi connectivity index (χ3v) is 5.13. The van der Waals surface area contributed by atoms with Crippen molar-refractivity contribution in [3.63, 3.8) is 0 Å².